The van der Waals surface area contributed by atoms with Crippen molar-refractivity contribution in [2.45, 2.75) is 45.2 Å². The SMILES string of the molecule is CCCc1nsc(N(Cc2ccccc2N)C2CC2)n1. The smallest absolute Gasteiger partial charge is 0.205 e. The first-order chi connectivity index (χ1) is 9.78. The number of aromatic nitrogens is 2. The van der Waals surface area contributed by atoms with Crippen LogP contribution in [0.3, 0.4) is 0 Å². The van der Waals surface area contributed by atoms with Gasteiger partial charge in [-0.2, -0.15) is 4.37 Å². The maximum atomic E-state index is 6.06. The lowest BCUT2D eigenvalue weighted by Gasteiger charge is -2.21. The van der Waals surface area contributed by atoms with Crippen molar-refractivity contribution in [3.63, 3.8) is 0 Å². The number of hydrogen-bond donors (Lipinski definition) is 1. The number of nitrogens with two attached hydrogens (primary N) is 1. The first-order valence-corrected chi connectivity index (χ1v) is 7.98. The Labute approximate surface area is 123 Å². The molecule has 0 unspecified atom stereocenters. The van der Waals surface area contributed by atoms with Crippen LogP contribution in [0.15, 0.2) is 24.3 Å². The molecule has 1 fully saturated rings. The summed E-state index contributed by atoms with van der Waals surface area (Å²) in [6.07, 6.45) is 4.54. The second-order valence-electron chi connectivity index (χ2n) is 5.30. The van der Waals surface area contributed by atoms with E-state index in [2.05, 4.69) is 27.2 Å². The van der Waals surface area contributed by atoms with Gasteiger partial charge in [0.15, 0.2) is 0 Å². The number of para-hydroxylation sites is 1. The van der Waals surface area contributed by atoms with Crippen LogP contribution < -0.4 is 10.6 Å². The van der Waals surface area contributed by atoms with Gasteiger partial charge in [-0.05, 0) is 30.9 Å². The second-order valence-corrected chi connectivity index (χ2v) is 6.03. The highest BCUT2D eigenvalue weighted by atomic mass is 32.1. The lowest BCUT2D eigenvalue weighted by Crippen LogP contribution is -2.25. The molecule has 0 saturated heterocycles. The van der Waals surface area contributed by atoms with Crippen LogP contribution in [0.1, 0.15) is 37.6 Å². The summed E-state index contributed by atoms with van der Waals surface area (Å²) in [7, 11) is 0. The molecular formula is C15H20N4S. The van der Waals surface area contributed by atoms with E-state index in [1.807, 2.05) is 18.2 Å². The van der Waals surface area contributed by atoms with Gasteiger partial charge in [-0.3, -0.25) is 0 Å². The summed E-state index contributed by atoms with van der Waals surface area (Å²) in [5, 5.41) is 1.04. The van der Waals surface area contributed by atoms with E-state index in [1.165, 1.54) is 29.9 Å². The van der Waals surface area contributed by atoms with Gasteiger partial charge in [0, 0.05) is 36.2 Å². The predicted octanol–water partition coefficient (Wildman–Crippen LogP) is 3.24. The molecule has 0 aliphatic heterocycles. The van der Waals surface area contributed by atoms with Gasteiger partial charge in [0.25, 0.3) is 0 Å². The Balaban J connectivity index is 1.80. The molecular weight excluding hydrogens is 268 g/mol. The van der Waals surface area contributed by atoms with Crippen LogP contribution in [-0.4, -0.2) is 15.4 Å². The molecule has 0 amide bonds. The van der Waals surface area contributed by atoms with E-state index in [0.29, 0.717) is 6.04 Å². The van der Waals surface area contributed by atoms with E-state index in [4.69, 9.17) is 5.73 Å². The van der Waals surface area contributed by atoms with Crippen LogP contribution in [0.5, 0.6) is 0 Å². The minimum atomic E-state index is 0.608. The lowest BCUT2D eigenvalue weighted by molar-refractivity contribution is 0.781. The van der Waals surface area contributed by atoms with E-state index in [-0.39, 0.29) is 0 Å². The van der Waals surface area contributed by atoms with Crippen molar-refractivity contribution >= 4 is 22.4 Å². The summed E-state index contributed by atoms with van der Waals surface area (Å²) in [5.41, 5.74) is 8.09. The third-order valence-corrected chi connectivity index (χ3v) is 4.35. The zero-order valence-electron chi connectivity index (χ0n) is 11.7. The number of hydrogen-bond acceptors (Lipinski definition) is 5. The Kier molecular flexibility index (Phi) is 3.87. The van der Waals surface area contributed by atoms with E-state index < -0.39 is 0 Å². The Bertz CT molecular complexity index is 577. The Hall–Kier alpha value is -1.62. The van der Waals surface area contributed by atoms with E-state index in [1.54, 1.807) is 0 Å². The molecule has 1 aromatic carbocycles. The number of benzene rings is 1. The molecule has 0 bridgehead atoms. The third-order valence-electron chi connectivity index (χ3n) is 3.56. The molecule has 0 radical (unpaired) electrons. The monoisotopic (exact) mass is 288 g/mol. The molecule has 1 aliphatic rings. The molecule has 0 atom stereocenters. The maximum Gasteiger partial charge on any atom is 0.205 e. The highest BCUT2D eigenvalue weighted by Crippen LogP contribution is 2.34. The topological polar surface area (TPSA) is 55.0 Å². The fraction of sp³-hybridized carbons (Fsp3) is 0.467. The fourth-order valence-electron chi connectivity index (χ4n) is 2.29. The van der Waals surface area contributed by atoms with Crippen LogP contribution in [0.25, 0.3) is 0 Å². The standard InChI is InChI=1S/C15H20N4S/c1-2-5-14-17-15(20-18-14)19(12-8-9-12)10-11-6-3-4-7-13(11)16/h3-4,6-7,12H,2,5,8-10,16H2,1H3. The number of nitrogens with zero attached hydrogens (tertiary/aromatic N) is 3. The molecule has 1 aliphatic carbocycles. The first kappa shape index (κ1) is 13.4. The van der Waals surface area contributed by atoms with Crippen LogP contribution >= 0.6 is 11.5 Å². The van der Waals surface area contributed by atoms with Gasteiger partial charge >= 0.3 is 0 Å². The summed E-state index contributed by atoms with van der Waals surface area (Å²) >= 11 is 1.52. The zero-order valence-corrected chi connectivity index (χ0v) is 12.6. The van der Waals surface area contributed by atoms with Crippen LogP contribution in [0.4, 0.5) is 10.8 Å². The normalized spacial score (nSPS) is 14.4. The summed E-state index contributed by atoms with van der Waals surface area (Å²) in [5.74, 6) is 0.971. The van der Waals surface area contributed by atoms with Crippen molar-refractivity contribution in [2.24, 2.45) is 0 Å². The average Bonchev–Trinajstić information content (AvgIpc) is 3.18. The van der Waals surface area contributed by atoms with Gasteiger partial charge in [-0.1, -0.05) is 25.1 Å². The minimum Gasteiger partial charge on any atom is -0.398 e. The summed E-state index contributed by atoms with van der Waals surface area (Å²) in [6.45, 7) is 2.99. The highest BCUT2D eigenvalue weighted by molar-refractivity contribution is 7.09. The molecule has 1 aromatic heterocycles. The predicted molar refractivity (Wildman–Crippen MR) is 84.0 cm³/mol. The lowest BCUT2D eigenvalue weighted by atomic mass is 10.1. The van der Waals surface area contributed by atoms with Gasteiger partial charge in [-0.15, -0.1) is 0 Å². The van der Waals surface area contributed by atoms with E-state index in [9.17, 15) is 0 Å². The summed E-state index contributed by atoms with van der Waals surface area (Å²) in [6, 6.07) is 8.68. The van der Waals surface area contributed by atoms with Crippen LogP contribution in [-0.2, 0) is 13.0 Å². The van der Waals surface area contributed by atoms with Gasteiger partial charge in [-0.25, -0.2) is 4.98 Å². The van der Waals surface area contributed by atoms with E-state index >= 15 is 0 Å². The highest BCUT2D eigenvalue weighted by Gasteiger charge is 2.31. The van der Waals surface area contributed by atoms with Gasteiger partial charge in [0.1, 0.15) is 5.82 Å². The molecule has 5 heteroatoms. The van der Waals surface area contributed by atoms with Gasteiger partial charge < -0.3 is 10.6 Å². The third kappa shape index (κ3) is 2.93. The van der Waals surface area contributed by atoms with Crippen LogP contribution in [0.2, 0.25) is 0 Å². The molecule has 106 valence electrons. The van der Waals surface area contributed by atoms with Gasteiger partial charge in [0.05, 0.1) is 0 Å². The average molecular weight is 288 g/mol. The number of nitrogen functional groups attached to an aromatic ring is 1. The number of anilines is 2. The second kappa shape index (κ2) is 5.79. The largest absolute Gasteiger partial charge is 0.398 e. The number of rotatable bonds is 6. The molecule has 1 saturated carbocycles. The first-order valence-electron chi connectivity index (χ1n) is 7.20. The molecule has 2 N–H and O–H groups in total. The Morgan fingerprint density at radius 1 is 1.35 bits per heavy atom. The zero-order chi connectivity index (χ0) is 13.9. The molecule has 4 nitrogen and oxygen atoms in total. The number of aryl methyl sites for hydroxylation is 1. The van der Waals surface area contributed by atoms with Crippen molar-refractivity contribution < 1.29 is 0 Å². The quantitative estimate of drug-likeness (QED) is 0.829. The Morgan fingerprint density at radius 2 is 2.15 bits per heavy atom. The van der Waals surface area contributed by atoms with Crippen molar-refractivity contribution in [1.29, 1.82) is 0 Å². The van der Waals surface area contributed by atoms with Crippen molar-refractivity contribution in [3.8, 4) is 0 Å². The van der Waals surface area contributed by atoms with E-state index in [0.717, 1.165) is 36.0 Å². The summed E-state index contributed by atoms with van der Waals surface area (Å²) < 4.78 is 4.46. The molecule has 20 heavy (non-hydrogen) atoms. The van der Waals surface area contributed by atoms with Crippen molar-refractivity contribution in [3.05, 3.63) is 35.7 Å². The molecule has 3 rings (SSSR count). The minimum absolute atomic E-state index is 0.608. The van der Waals surface area contributed by atoms with Crippen molar-refractivity contribution in [1.82, 2.24) is 9.36 Å². The molecule has 2 aromatic rings. The maximum absolute atomic E-state index is 6.06. The van der Waals surface area contributed by atoms with Crippen molar-refractivity contribution in [2.75, 3.05) is 10.6 Å². The molecule has 0 spiro atoms. The fourth-order valence-corrected chi connectivity index (χ4v) is 3.07. The van der Waals surface area contributed by atoms with Crippen LogP contribution in [0, 0.1) is 0 Å². The Morgan fingerprint density at radius 3 is 2.85 bits per heavy atom. The molecule has 1 heterocycles. The summed E-state index contributed by atoms with van der Waals surface area (Å²) in [4.78, 5) is 7.04. The van der Waals surface area contributed by atoms with Gasteiger partial charge in [0.2, 0.25) is 5.13 Å².